The highest BCUT2D eigenvalue weighted by Crippen LogP contribution is 2.30. The molecule has 0 bridgehead atoms. The zero-order valence-electron chi connectivity index (χ0n) is 20.2. The molecule has 3 aromatic rings. The Hall–Kier alpha value is -2.77. The van der Waals surface area contributed by atoms with Crippen molar-refractivity contribution in [1.29, 1.82) is 0 Å². The number of β-amino-alcohol motifs (C(OH)–C–C–N with tert-alkyl or cyclic N) is 1. The summed E-state index contributed by atoms with van der Waals surface area (Å²) in [7, 11) is 0. The van der Waals surface area contributed by atoms with E-state index in [9.17, 15) is 5.11 Å². The van der Waals surface area contributed by atoms with E-state index in [1.807, 2.05) is 48.5 Å². The second kappa shape index (κ2) is 12.3. The average Bonchev–Trinajstić information content (AvgIpc) is 2.87. The monoisotopic (exact) mass is 492 g/mol. The predicted molar refractivity (Wildman–Crippen MR) is 142 cm³/mol. The van der Waals surface area contributed by atoms with E-state index in [4.69, 9.17) is 26.3 Å². The molecule has 1 N–H and O–H groups in total. The molecule has 0 spiro atoms. The Morgan fingerprint density at radius 1 is 1.06 bits per heavy atom. The topological polar surface area (TPSA) is 61.7 Å². The van der Waals surface area contributed by atoms with Crippen LogP contribution in [-0.2, 0) is 11.2 Å². The van der Waals surface area contributed by atoms with Crippen LogP contribution in [-0.4, -0.2) is 72.0 Å². The van der Waals surface area contributed by atoms with Crippen molar-refractivity contribution in [2.75, 3.05) is 50.8 Å². The number of halogens is 1. The fraction of sp³-hybridized carbons (Fsp3) is 0.357. The van der Waals surface area contributed by atoms with Gasteiger partial charge in [-0.15, -0.1) is 6.58 Å². The number of ether oxygens (including phenoxy) is 1. The number of aryl methyl sites for hydroxylation is 1. The van der Waals surface area contributed by atoms with Gasteiger partial charge in [0.1, 0.15) is 5.82 Å². The average molecular weight is 493 g/mol. The Kier molecular flexibility index (Phi) is 8.88. The molecule has 1 aromatic heterocycles. The van der Waals surface area contributed by atoms with Crippen LogP contribution in [0, 0.1) is 6.92 Å². The second-order valence-electron chi connectivity index (χ2n) is 8.84. The van der Waals surface area contributed by atoms with Gasteiger partial charge in [-0.2, -0.15) is 0 Å². The van der Waals surface area contributed by atoms with Crippen LogP contribution >= 0.6 is 11.6 Å². The van der Waals surface area contributed by atoms with Gasteiger partial charge in [-0.3, -0.25) is 4.90 Å². The molecular weight excluding hydrogens is 460 g/mol. The first-order valence-electron chi connectivity index (χ1n) is 12.1. The first kappa shape index (κ1) is 25.3. The molecule has 0 amide bonds. The van der Waals surface area contributed by atoms with Crippen molar-refractivity contribution < 1.29 is 9.84 Å². The van der Waals surface area contributed by atoms with Crippen LogP contribution in [0.3, 0.4) is 0 Å². The third kappa shape index (κ3) is 6.67. The molecule has 0 radical (unpaired) electrons. The Balaban J connectivity index is 1.56. The van der Waals surface area contributed by atoms with Crippen molar-refractivity contribution in [2.24, 2.45) is 0 Å². The Morgan fingerprint density at radius 3 is 2.49 bits per heavy atom. The summed E-state index contributed by atoms with van der Waals surface area (Å²) in [5.41, 5.74) is 4.13. The molecule has 1 fully saturated rings. The van der Waals surface area contributed by atoms with Gasteiger partial charge in [0.15, 0.2) is 5.82 Å². The van der Waals surface area contributed by atoms with Crippen molar-refractivity contribution in [1.82, 2.24) is 14.9 Å². The molecule has 1 aliphatic heterocycles. The normalized spacial score (nSPS) is 15.2. The third-order valence-electron chi connectivity index (χ3n) is 6.24. The Bertz CT molecular complexity index is 1120. The lowest BCUT2D eigenvalue weighted by molar-refractivity contribution is 0.0252. The van der Waals surface area contributed by atoms with E-state index in [1.54, 1.807) is 6.08 Å². The highest BCUT2D eigenvalue weighted by molar-refractivity contribution is 6.31. The van der Waals surface area contributed by atoms with E-state index in [0.29, 0.717) is 26.2 Å². The van der Waals surface area contributed by atoms with Gasteiger partial charge in [0.2, 0.25) is 0 Å². The molecule has 1 unspecified atom stereocenters. The smallest absolute Gasteiger partial charge is 0.161 e. The molecule has 0 aliphatic carbocycles. The van der Waals surface area contributed by atoms with Crippen LogP contribution < -0.4 is 4.90 Å². The number of rotatable bonds is 10. The standard InChI is InChI=1S/C28H33ClN4O2/c1-3-17-35-20-24(34)19-32-13-15-33(16-14-32)28-25(18-23-11-7-8-12-26(23)29)21(2)30-27(31-28)22-9-5-4-6-10-22/h3-12,24,34H,1,13-20H2,2H3. The zero-order chi connectivity index (χ0) is 24.6. The van der Waals surface area contributed by atoms with E-state index in [1.165, 1.54) is 0 Å². The fourth-order valence-electron chi connectivity index (χ4n) is 4.38. The molecule has 1 aliphatic rings. The number of aromatic nitrogens is 2. The van der Waals surface area contributed by atoms with Crippen LogP contribution in [0.15, 0.2) is 67.3 Å². The van der Waals surface area contributed by atoms with E-state index in [2.05, 4.69) is 29.4 Å². The molecule has 0 saturated carbocycles. The Morgan fingerprint density at radius 2 is 1.77 bits per heavy atom. The van der Waals surface area contributed by atoms with E-state index >= 15 is 0 Å². The number of hydrogen-bond acceptors (Lipinski definition) is 6. The van der Waals surface area contributed by atoms with E-state index < -0.39 is 6.10 Å². The first-order valence-corrected chi connectivity index (χ1v) is 12.4. The van der Waals surface area contributed by atoms with Gasteiger partial charge in [0.25, 0.3) is 0 Å². The molecule has 2 aromatic carbocycles. The summed E-state index contributed by atoms with van der Waals surface area (Å²) in [5, 5.41) is 11.0. The van der Waals surface area contributed by atoms with Gasteiger partial charge in [0.05, 0.1) is 19.3 Å². The minimum Gasteiger partial charge on any atom is -0.389 e. The molecule has 2 heterocycles. The maximum Gasteiger partial charge on any atom is 0.161 e. The van der Waals surface area contributed by atoms with Crippen molar-refractivity contribution in [3.8, 4) is 11.4 Å². The predicted octanol–water partition coefficient (Wildman–Crippen LogP) is 4.38. The Labute approximate surface area is 212 Å². The highest BCUT2D eigenvalue weighted by atomic mass is 35.5. The minimum absolute atomic E-state index is 0.319. The van der Waals surface area contributed by atoms with Crippen molar-refractivity contribution in [2.45, 2.75) is 19.4 Å². The lowest BCUT2D eigenvalue weighted by Gasteiger charge is -2.37. The summed E-state index contributed by atoms with van der Waals surface area (Å²) in [6, 6.07) is 18.0. The summed E-state index contributed by atoms with van der Waals surface area (Å²) >= 11 is 6.50. The lowest BCUT2D eigenvalue weighted by atomic mass is 10.0. The second-order valence-corrected chi connectivity index (χ2v) is 9.24. The van der Waals surface area contributed by atoms with Gasteiger partial charge in [-0.1, -0.05) is 66.2 Å². The van der Waals surface area contributed by atoms with Crippen LogP contribution in [0.1, 0.15) is 16.8 Å². The summed E-state index contributed by atoms with van der Waals surface area (Å²) in [4.78, 5) is 14.5. The number of aliphatic hydroxyl groups excluding tert-OH is 1. The van der Waals surface area contributed by atoms with E-state index in [-0.39, 0.29) is 0 Å². The van der Waals surface area contributed by atoms with Gasteiger partial charge < -0.3 is 14.7 Å². The molecular formula is C28H33ClN4O2. The van der Waals surface area contributed by atoms with Gasteiger partial charge in [-0.25, -0.2) is 9.97 Å². The fourth-order valence-corrected chi connectivity index (χ4v) is 4.58. The third-order valence-corrected chi connectivity index (χ3v) is 6.60. The van der Waals surface area contributed by atoms with Crippen LogP contribution in [0.2, 0.25) is 5.02 Å². The lowest BCUT2D eigenvalue weighted by Crippen LogP contribution is -2.49. The van der Waals surface area contributed by atoms with Crippen LogP contribution in [0.5, 0.6) is 0 Å². The molecule has 1 saturated heterocycles. The summed E-state index contributed by atoms with van der Waals surface area (Å²) in [5.74, 6) is 1.70. The van der Waals surface area contributed by atoms with Crippen molar-refractivity contribution in [3.05, 3.63) is 89.1 Å². The molecule has 184 valence electrons. The van der Waals surface area contributed by atoms with Gasteiger partial charge in [-0.05, 0) is 18.6 Å². The SMILES string of the molecule is C=CCOCC(O)CN1CCN(c2nc(-c3ccccc3)nc(C)c2Cc2ccccc2Cl)CC1. The molecule has 35 heavy (non-hydrogen) atoms. The number of hydrogen-bond donors (Lipinski definition) is 1. The number of anilines is 1. The van der Waals surface area contributed by atoms with Crippen molar-refractivity contribution in [3.63, 3.8) is 0 Å². The van der Waals surface area contributed by atoms with Crippen LogP contribution in [0.4, 0.5) is 5.82 Å². The zero-order valence-corrected chi connectivity index (χ0v) is 21.0. The summed E-state index contributed by atoms with van der Waals surface area (Å²) < 4.78 is 5.39. The summed E-state index contributed by atoms with van der Waals surface area (Å²) in [6.07, 6.45) is 1.86. The molecule has 7 heteroatoms. The minimum atomic E-state index is -0.511. The number of aliphatic hydroxyl groups is 1. The van der Waals surface area contributed by atoms with Gasteiger partial charge >= 0.3 is 0 Å². The number of benzene rings is 2. The van der Waals surface area contributed by atoms with E-state index in [0.717, 1.165) is 65.2 Å². The number of nitrogens with zero attached hydrogens (tertiary/aromatic N) is 4. The largest absolute Gasteiger partial charge is 0.389 e. The van der Waals surface area contributed by atoms with Gasteiger partial charge in [0, 0.05) is 61.0 Å². The molecule has 1 atom stereocenters. The molecule has 6 nitrogen and oxygen atoms in total. The first-order chi connectivity index (χ1) is 17.0. The maximum absolute atomic E-state index is 10.3. The highest BCUT2D eigenvalue weighted by Gasteiger charge is 2.24. The number of piperazine rings is 1. The van der Waals surface area contributed by atoms with Crippen molar-refractivity contribution >= 4 is 17.4 Å². The quantitative estimate of drug-likeness (QED) is 0.335. The summed E-state index contributed by atoms with van der Waals surface area (Å²) in [6.45, 7) is 10.4. The van der Waals surface area contributed by atoms with Crippen LogP contribution in [0.25, 0.3) is 11.4 Å². The molecule has 4 rings (SSSR count). The maximum atomic E-state index is 10.3.